The minimum Gasteiger partial charge on any atom is -0.395 e. The SMILES string of the molecule is O=C(c1cc2cccc3ccccc3c-2n1)N(CCO)C1CCOCC1. The second-order valence-electron chi connectivity index (χ2n) is 6.62. The molecule has 4 rings (SSSR count). The number of amides is 1. The summed E-state index contributed by atoms with van der Waals surface area (Å²) >= 11 is 0. The van der Waals surface area contributed by atoms with E-state index in [4.69, 9.17) is 4.74 Å². The predicted molar refractivity (Wildman–Crippen MR) is 100 cm³/mol. The molecule has 5 nitrogen and oxygen atoms in total. The summed E-state index contributed by atoms with van der Waals surface area (Å²) < 4.78 is 5.40. The van der Waals surface area contributed by atoms with E-state index in [0.717, 1.165) is 34.9 Å². The highest BCUT2D eigenvalue weighted by atomic mass is 16.5. The molecule has 0 saturated carbocycles. The maximum Gasteiger partial charge on any atom is 0.272 e. The van der Waals surface area contributed by atoms with Crippen LogP contribution < -0.4 is 0 Å². The van der Waals surface area contributed by atoms with Gasteiger partial charge in [-0.3, -0.25) is 4.79 Å². The average molecular weight is 350 g/mol. The van der Waals surface area contributed by atoms with Crippen molar-refractivity contribution in [1.29, 1.82) is 0 Å². The summed E-state index contributed by atoms with van der Waals surface area (Å²) in [5.74, 6) is -0.117. The standard InChI is InChI=1S/C21H22N2O3/c24-11-10-23(17-8-12-26-13-9-17)21(25)19-14-16-6-3-5-15-4-1-2-7-18(15)20(16)22-19/h1-7,14,17,24H,8-13H2. The maximum absolute atomic E-state index is 13.1. The number of hydrogen-bond acceptors (Lipinski definition) is 4. The quantitative estimate of drug-likeness (QED) is 0.786. The van der Waals surface area contributed by atoms with Gasteiger partial charge in [-0.2, -0.15) is 0 Å². The van der Waals surface area contributed by atoms with Gasteiger partial charge in [0.15, 0.2) is 0 Å². The first-order valence-electron chi connectivity index (χ1n) is 9.06. The molecule has 1 amide bonds. The third kappa shape index (κ3) is 3.16. The van der Waals surface area contributed by atoms with Crippen molar-refractivity contribution in [1.82, 2.24) is 9.88 Å². The Morgan fingerprint density at radius 1 is 1.15 bits per heavy atom. The molecule has 1 aromatic carbocycles. The Kier molecular flexibility index (Phi) is 4.82. The summed E-state index contributed by atoms with van der Waals surface area (Å²) in [6.07, 6.45) is 1.59. The Morgan fingerprint density at radius 3 is 2.73 bits per heavy atom. The Hall–Kier alpha value is -2.50. The fraction of sp³-hybridized carbons (Fsp3) is 0.333. The van der Waals surface area contributed by atoms with Gasteiger partial charge in [0.1, 0.15) is 5.69 Å². The molecule has 1 fully saturated rings. The number of ether oxygens (including phenoxy) is 1. The smallest absolute Gasteiger partial charge is 0.272 e. The number of hydrogen-bond donors (Lipinski definition) is 1. The molecule has 0 unspecified atom stereocenters. The summed E-state index contributed by atoms with van der Waals surface area (Å²) in [7, 11) is 0. The molecular weight excluding hydrogens is 328 g/mol. The lowest BCUT2D eigenvalue weighted by atomic mass is 10.1. The van der Waals surface area contributed by atoms with Crippen LogP contribution in [-0.2, 0) is 4.74 Å². The van der Waals surface area contributed by atoms with E-state index in [2.05, 4.69) is 11.1 Å². The molecule has 0 bridgehead atoms. The van der Waals surface area contributed by atoms with Crippen LogP contribution >= 0.6 is 0 Å². The van der Waals surface area contributed by atoms with Gasteiger partial charge in [0.05, 0.1) is 12.3 Å². The molecule has 3 aliphatic rings. The van der Waals surface area contributed by atoms with Crippen LogP contribution in [0.25, 0.3) is 22.0 Å². The van der Waals surface area contributed by atoms with Crippen molar-refractivity contribution < 1.29 is 14.6 Å². The lowest BCUT2D eigenvalue weighted by Gasteiger charge is -2.33. The number of nitrogens with zero attached hydrogens (tertiary/aromatic N) is 2. The van der Waals surface area contributed by atoms with Gasteiger partial charge in [0.25, 0.3) is 5.91 Å². The molecule has 1 N–H and O–H groups in total. The Balaban J connectivity index is 1.74. The molecule has 5 heteroatoms. The van der Waals surface area contributed by atoms with E-state index < -0.39 is 0 Å². The molecule has 0 spiro atoms. The third-order valence-electron chi connectivity index (χ3n) is 5.02. The van der Waals surface area contributed by atoms with E-state index >= 15 is 0 Å². The van der Waals surface area contributed by atoms with Crippen LogP contribution in [-0.4, -0.2) is 53.3 Å². The van der Waals surface area contributed by atoms with Gasteiger partial charge < -0.3 is 14.7 Å². The van der Waals surface area contributed by atoms with Crippen LogP contribution in [0.15, 0.2) is 48.5 Å². The molecule has 0 radical (unpaired) electrons. The molecule has 2 heterocycles. The van der Waals surface area contributed by atoms with Gasteiger partial charge >= 0.3 is 0 Å². The van der Waals surface area contributed by atoms with Gasteiger partial charge in [-0.25, -0.2) is 4.98 Å². The number of benzene rings is 1. The van der Waals surface area contributed by atoms with Crippen molar-refractivity contribution in [2.24, 2.45) is 0 Å². The summed E-state index contributed by atoms with van der Waals surface area (Å²) in [4.78, 5) is 19.6. The third-order valence-corrected chi connectivity index (χ3v) is 5.02. The van der Waals surface area contributed by atoms with E-state index in [9.17, 15) is 9.90 Å². The van der Waals surface area contributed by atoms with Gasteiger partial charge in [-0.1, -0.05) is 42.5 Å². The molecule has 134 valence electrons. The highest BCUT2D eigenvalue weighted by Crippen LogP contribution is 2.30. The normalized spacial score (nSPS) is 15.4. The number of aromatic nitrogens is 1. The lowest BCUT2D eigenvalue weighted by Crippen LogP contribution is -2.45. The highest BCUT2D eigenvalue weighted by molar-refractivity contribution is 6.00. The molecule has 1 saturated heterocycles. The first-order chi connectivity index (χ1) is 12.8. The zero-order valence-corrected chi connectivity index (χ0v) is 14.6. The lowest BCUT2D eigenvalue weighted by molar-refractivity contribution is 0.0243. The fourth-order valence-electron chi connectivity index (χ4n) is 3.70. The van der Waals surface area contributed by atoms with Crippen LogP contribution in [0, 0.1) is 0 Å². The average Bonchev–Trinajstić information content (AvgIpc) is 3.03. The first-order valence-corrected chi connectivity index (χ1v) is 9.06. The van der Waals surface area contributed by atoms with Crippen LogP contribution in [0.2, 0.25) is 0 Å². The summed E-state index contributed by atoms with van der Waals surface area (Å²) in [5.41, 5.74) is 2.23. The number of carbonyl (C=O) groups excluding carboxylic acids is 1. The van der Waals surface area contributed by atoms with Crippen LogP contribution in [0.4, 0.5) is 0 Å². The van der Waals surface area contributed by atoms with Crippen molar-refractivity contribution in [2.45, 2.75) is 18.9 Å². The zero-order valence-electron chi connectivity index (χ0n) is 14.6. The van der Waals surface area contributed by atoms with E-state index in [1.54, 1.807) is 4.90 Å². The van der Waals surface area contributed by atoms with E-state index in [-0.39, 0.29) is 18.6 Å². The summed E-state index contributed by atoms with van der Waals surface area (Å²) in [5, 5.41) is 11.6. The van der Waals surface area contributed by atoms with Crippen molar-refractivity contribution >= 4 is 16.7 Å². The van der Waals surface area contributed by atoms with Gasteiger partial charge in [0.2, 0.25) is 0 Å². The minimum absolute atomic E-state index is 0.0543. The number of aliphatic hydroxyl groups is 1. The largest absolute Gasteiger partial charge is 0.395 e. The van der Waals surface area contributed by atoms with E-state index in [1.807, 2.05) is 42.5 Å². The Labute approximate surface area is 152 Å². The van der Waals surface area contributed by atoms with E-state index in [1.165, 1.54) is 0 Å². The molecule has 0 aromatic heterocycles. The van der Waals surface area contributed by atoms with E-state index in [0.29, 0.717) is 25.5 Å². The molecule has 2 aliphatic heterocycles. The molecule has 0 atom stereocenters. The van der Waals surface area contributed by atoms with Crippen LogP contribution in [0.1, 0.15) is 23.3 Å². The summed E-state index contributed by atoms with van der Waals surface area (Å²) in [6.45, 7) is 1.57. The predicted octanol–water partition coefficient (Wildman–Crippen LogP) is 2.95. The van der Waals surface area contributed by atoms with Crippen molar-refractivity contribution in [3.05, 3.63) is 54.2 Å². The summed E-state index contributed by atoms with van der Waals surface area (Å²) in [6, 6.07) is 16.0. The molecular formula is C21H22N2O3. The minimum atomic E-state index is -0.117. The fourth-order valence-corrected chi connectivity index (χ4v) is 3.70. The number of carbonyl (C=O) groups is 1. The second kappa shape index (κ2) is 7.40. The molecule has 1 aliphatic carbocycles. The zero-order chi connectivity index (χ0) is 17.9. The highest BCUT2D eigenvalue weighted by Gasteiger charge is 2.28. The topological polar surface area (TPSA) is 62.7 Å². The van der Waals surface area contributed by atoms with Crippen molar-refractivity contribution in [3.63, 3.8) is 0 Å². The van der Waals surface area contributed by atoms with Gasteiger partial charge in [-0.05, 0) is 24.3 Å². The second-order valence-corrected chi connectivity index (χ2v) is 6.62. The number of fused-ring (bicyclic) bond motifs is 3. The van der Waals surface area contributed by atoms with Crippen molar-refractivity contribution in [2.75, 3.05) is 26.4 Å². The molecule has 1 aromatic rings. The number of aliphatic hydroxyl groups excluding tert-OH is 1. The maximum atomic E-state index is 13.1. The first kappa shape index (κ1) is 16.9. The van der Waals surface area contributed by atoms with Crippen LogP contribution in [0.3, 0.4) is 0 Å². The van der Waals surface area contributed by atoms with Gasteiger partial charge in [-0.15, -0.1) is 0 Å². The van der Waals surface area contributed by atoms with Gasteiger partial charge in [0, 0.05) is 36.8 Å². The molecule has 26 heavy (non-hydrogen) atoms. The Morgan fingerprint density at radius 2 is 1.92 bits per heavy atom. The Bertz CT molecular complexity index is 889. The monoisotopic (exact) mass is 350 g/mol. The van der Waals surface area contributed by atoms with Crippen molar-refractivity contribution in [3.8, 4) is 11.3 Å². The van der Waals surface area contributed by atoms with Crippen LogP contribution in [0.5, 0.6) is 0 Å². The number of rotatable bonds is 4.